The molecule has 0 bridgehead atoms. The molecule has 0 spiro atoms. The number of alkyl halides is 3. The summed E-state index contributed by atoms with van der Waals surface area (Å²) in [6.07, 6.45) is -4.90. The molecule has 1 fully saturated rings. The summed E-state index contributed by atoms with van der Waals surface area (Å²) in [5, 5.41) is 3.69. The van der Waals surface area contributed by atoms with E-state index in [1.807, 2.05) is 27.7 Å². The van der Waals surface area contributed by atoms with Crippen LogP contribution in [-0.2, 0) is 24.7 Å². The second kappa shape index (κ2) is 7.15. The molecule has 31 heavy (non-hydrogen) atoms. The van der Waals surface area contributed by atoms with Crippen LogP contribution >= 0.6 is 11.6 Å². The van der Waals surface area contributed by atoms with Gasteiger partial charge in [-0.15, -0.1) is 0 Å². The Morgan fingerprint density at radius 3 is 2.10 bits per heavy atom. The number of hydrogen-bond acceptors (Lipinski definition) is 5. The topological polar surface area (TPSA) is 49.3 Å². The van der Waals surface area contributed by atoms with E-state index in [4.69, 9.17) is 30.5 Å². The molecule has 10 heteroatoms. The van der Waals surface area contributed by atoms with Gasteiger partial charge < -0.3 is 18.9 Å². The van der Waals surface area contributed by atoms with Crippen molar-refractivity contribution in [1.82, 2.24) is 0 Å². The third-order valence-corrected chi connectivity index (χ3v) is 5.99. The predicted octanol–water partition coefficient (Wildman–Crippen LogP) is 4.76. The van der Waals surface area contributed by atoms with Crippen LogP contribution < -0.4 is 5.46 Å². The summed E-state index contributed by atoms with van der Waals surface area (Å²) in [4.78, 5) is 4.83. The summed E-state index contributed by atoms with van der Waals surface area (Å²) in [6, 6.07) is 11.7. The molecular formula is C21H20BClF3NO4. The first-order chi connectivity index (χ1) is 14.3. The van der Waals surface area contributed by atoms with Gasteiger partial charge in [-0.3, -0.25) is 0 Å². The maximum atomic E-state index is 13.9. The van der Waals surface area contributed by atoms with E-state index in [-0.39, 0.29) is 16.5 Å². The van der Waals surface area contributed by atoms with E-state index in [1.54, 1.807) is 24.3 Å². The van der Waals surface area contributed by atoms with Crippen LogP contribution in [0.25, 0.3) is 0 Å². The molecule has 2 aliphatic heterocycles. The Hall–Kier alpha value is -2.23. The van der Waals surface area contributed by atoms with E-state index in [9.17, 15) is 13.2 Å². The fraction of sp³-hybridized carbons (Fsp3) is 0.381. The zero-order valence-electron chi connectivity index (χ0n) is 17.3. The molecule has 1 unspecified atom stereocenters. The molecule has 0 N–H and O–H groups in total. The summed E-state index contributed by atoms with van der Waals surface area (Å²) in [7, 11) is -0.595. The molecule has 0 saturated carbocycles. The van der Waals surface area contributed by atoms with Crippen molar-refractivity contribution in [3.63, 3.8) is 0 Å². The van der Waals surface area contributed by atoms with Crippen LogP contribution in [0.5, 0.6) is 0 Å². The van der Waals surface area contributed by atoms with Gasteiger partial charge in [-0.05, 0) is 62.6 Å². The number of oxime groups is 1. The first-order valence-corrected chi connectivity index (χ1v) is 9.96. The van der Waals surface area contributed by atoms with E-state index < -0.39 is 30.3 Å². The largest absolute Gasteiger partial charge is 0.494 e. The Morgan fingerprint density at radius 2 is 1.55 bits per heavy atom. The van der Waals surface area contributed by atoms with Crippen LogP contribution in [0.1, 0.15) is 38.8 Å². The van der Waals surface area contributed by atoms with Gasteiger partial charge in [-0.2, -0.15) is 13.2 Å². The van der Waals surface area contributed by atoms with Crippen molar-refractivity contribution in [3.8, 4) is 0 Å². The van der Waals surface area contributed by atoms with Crippen LogP contribution in [0.15, 0.2) is 53.7 Å². The van der Waals surface area contributed by atoms with Crippen molar-refractivity contribution >= 4 is 30.1 Å². The lowest BCUT2D eigenvalue weighted by Gasteiger charge is -2.32. The van der Waals surface area contributed by atoms with Crippen molar-refractivity contribution in [2.75, 3.05) is 0 Å². The molecule has 2 aliphatic rings. The third kappa shape index (κ3) is 3.68. The predicted molar refractivity (Wildman–Crippen MR) is 110 cm³/mol. The molecule has 1 atom stereocenters. The lowest BCUT2D eigenvalue weighted by molar-refractivity contribution is -0.352. The van der Waals surface area contributed by atoms with E-state index in [0.29, 0.717) is 5.56 Å². The SMILES string of the molecule is CC1(C)OB(c2ccc(C3=NOC(c4cccc(Cl)c4)(C(F)(F)F)O3)cc2)OC1(C)C. The average Bonchev–Trinajstić information content (AvgIpc) is 3.22. The Morgan fingerprint density at radius 1 is 0.935 bits per heavy atom. The van der Waals surface area contributed by atoms with Crippen molar-refractivity contribution in [3.05, 3.63) is 64.7 Å². The maximum absolute atomic E-state index is 13.9. The Bertz CT molecular complexity index is 1010. The quantitative estimate of drug-likeness (QED) is 0.629. The van der Waals surface area contributed by atoms with Gasteiger partial charge in [0.15, 0.2) is 0 Å². The standard InChI is InChI=1S/C21H20BClF3NO4/c1-18(2)19(3,4)30-22(29-18)15-10-8-13(9-11-15)17-27-31-20(28-17,21(24,25)26)14-6-5-7-16(23)12-14/h5-12H,1-4H3. The molecule has 0 amide bonds. The minimum absolute atomic E-state index is 0.119. The molecule has 2 heterocycles. The number of hydrogen-bond donors (Lipinski definition) is 0. The van der Waals surface area contributed by atoms with E-state index >= 15 is 0 Å². The van der Waals surface area contributed by atoms with Crippen molar-refractivity contribution in [2.24, 2.45) is 5.16 Å². The van der Waals surface area contributed by atoms with Crippen molar-refractivity contribution in [1.29, 1.82) is 0 Å². The third-order valence-electron chi connectivity index (χ3n) is 5.76. The zero-order chi connectivity index (χ0) is 22.7. The molecule has 2 aromatic rings. The average molecular weight is 454 g/mol. The lowest BCUT2D eigenvalue weighted by Crippen LogP contribution is -2.44. The van der Waals surface area contributed by atoms with Gasteiger partial charge in [-0.1, -0.05) is 35.9 Å². The van der Waals surface area contributed by atoms with Gasteiger partial charge in [0, 0.05) is 16.1 Å². The van der Waals surface area contributed by atoms with Gasteiger partial charge >= 0.3 is 19.1 Å². The summed E-state index contributed by atoms with van der Waals surface area (Å²) in [5.74, 6) is -3.37. The van der Waals surface area contributed by atoms with Gasteiger partial charge in [0.25, 0.3) is 5.90 Å². The Balaban J connectivity index is 1.58. The van der Waals surface area contributed by atoms with Gasteiger partial charge in [0.2, 0.25) is 0 Å². The monoisotopic (exact) mass is 453 g/mol. The molecule has 5 nitrogen and oxygen atoms in total. The first kappa shape index (κ1) is 22.0. The van der Waals surface area contributed by atoms with Crippen molar-refractivity contribution < 1.29 is 32.1 Å². The summed E-state index contributed by atoms with van der Waals surface area (Å²) < 4.78 is 59.0. The highest BCUT2D eigenvalue weighted by molar-refractivity contribution is 6.62. The summed E-state index contributed by atoms with van der Waals surface area (Å²) in [6.45, 7) is 7.75. The number of benzene rings is 2. The molecular weight excluding hydrogens is 433 g/mol. The highest BCUT2D eigenvalue weighted by Gasteiger charge is 2.65. The number of ether oxygens (including phenoxy) is 1. The van der Waals surface area contributed by atoms with Gasteiger partial charge in [0.05, 0.1) is 11.2 Å². The van der Waals surface area contributed by atoms with Crippen LogP contribution in [0.3, 0.4) is 0 Å². The molecule has 0 radical (unpaired) electrons. The molecule has 4 rings (SSSR count). The minimum atomic E-state index is -4.90. The van der Waals surface area contributed by atoms with E-state index in [0.717, 1.165) is 11.5 Å². The summed E-state index contributed by atoms with van der Waals surface area (Å²) >= 11 is 5.87. The summed E-state index contributed by atoms with van der Waals surface area (Å²) in [5.41, 5.74) is -0.287. The fourth-order valence-corrected chi connectivity index (χ4v) is 3.42. The second-order valence-electron chi connectivity index (χ2n) is 8.42. The second-order valence-corrected chi connectivity index (χ2v) is 8.86. The van der Waals surface area contributed by atoms with Crippen molar-refractivity contribution in [2.45, 2.75) is 50.9 Å². The van der Waals surface area contributed by atoms with Crippen LogP contribution in [0.2, 0.25) is 5.02 Å². The molecule has 0 aliphatic carbocycles. The number of halogens is 4. The normalized spacial score (nSPS) is 24.5. The molecule has 164 valence electrons. The first-order valence-electron chi connectivity index (χ1n) is 9.59. The van der Waals surface area contributed by atoms with Crippen LogP contribution in [0, 0.1) is 0 Å². The van der Waals surface area contributed by atoms with Gasteiger partial charge in [0.1, 0.15) is 0 Å². The Kier molecular flexibility index (Phi) is 5.07. The highest BCUT2D eigenvalue weighted by atomic mass is 35.5. The van der Waals surface area contributed by atoms with Gasteiger partial charge in [-0.25, -0.2) is 0 Å². The Labute approximate surface area is 183 Å². The minimum Gasteiger partial charge on any atom is -0.419 e. The van der Waals surface area contributed by atoms with E-state index in [1.165, 1.54) is 18.2 Å². The number of nitrogens with zero attached hydrogens (tertiary/aromatic N) is 1. The zero-order valence-corrected chi connectivity index (χ0v) is 18.0. The van der Waals surface area contributed by atoms with E-state index in [2.05, 4.69) is 5.16 Å². The fourth-order valence-electron chi connectivity index (χ4n) is 3.23. The van der Waals surface area contributed by atoms with Crippen LogP contribution in [-0.4, -0.2) is 30.4 Å². The smallest absolute Gasteiger partial charge is 0.419 e. The lowest BCUT2D eigenvalue weighted by atomic mass is 9.79. The van der Waals surface area contributed by atoms with Crippen LogP contribution in [0.4, 0.5) is 13.2 Å². The molecule has 1 saturated heterocycles. The number of rotatable bonds is 3. The molecule has 2 aromatic carbocycles. The highest BCUT2D eigenvalue weighted by Crippen LogP contribution is 2.47. The maximum Gasteiger partial charge on any atom is 0.494 e. The molecule has 0 aromatic heterocycles.